The summed E-state index contributed by atoms with van der Waals surface area (Å²) >= 11 is 0. The number of aromatic amines is 1. The van der Waals surface area contributed by atoms with Crippen LogP contribution in [0.3, 0.4) is 0 Å². The van der Waals surface area contributed by atoms with Gasteiger partial charge in [0, 0.05) is 29.6 Å². The highest BCUT2D eigenvalue weighted by Crippen LogP contribution is 2.39. The Bertz CT molecular complexity index is 1270. The number of benzene rings is 2. The molecule has 6 heteroatoms. The van der Waals surface area contributed by atoms with Gasteiger partial charge < -0.3 is 19.7 Å². The molecule has 3 heterocycles. The second kappa shape index (κ2) is 6.91. The van der Waals surface area contributed by atoms with Gasteiger partial charge in [-0.25, -0.2) is 4.79 Å². The quantitative estimate of drug-likeness (QED) is 0.520. The number of nitrogens with one attached hydrogen (secondary N) is 1. The van der Waals surface area contributed by atoms with Gasteiger partial charge in [-0.15, -0.1) is 0 Å². The van der Waals surface area contributed by atoms with Crippen molar-refractivity contribution in [2.75, 3.05) is 20.2 Å². The molecule has 0 saturated carbocycles. The van der Waals surface area contributed by atoms with E-state index in [0.717, 1.165) is 28.7 Å². The molecule has 0 aliphatic carbocycles. The number of methoxy groups -OCH3 is 1. The zero-order valence-corrected chi connectivity index (χ0v) is 16.4. The molecule has 2 aliphatic heterocycles. The maximum absolute atomic E-state index is 13.1. The van der Waals surface area contributed by atoms with E-state index in [4.69, 9.17) is 4.74 Å². The van der Waals surface area contributed by atoms with Crippen LogP contribution in [0.15, 0.2) is 65.8 Å². The molecule has 0 spiro atoms. The predicted octanol–water partition coefficient (Wildman–Crippen LogP) is 3.44. The lowest BCUT2D eigenvalue weighted by molar-refractivity contribution is -0.135. The van der Waals surface area contributed by atoms with Crippen molar-refractivity contribution in [1.82, 2.24) is 9.88 Å². The topological polar surface area (TPSA) is 82.6 Å². The average Bonchev–Trinajstić information content (AvgIpc) is 3.16. The van der Waals surface area contributed by atoms with Crippen LogP contribution in [-0.2, 0) is 16.0 Å². The number of nitrogens with zero attached hydrogens (tertiary/aromatic N) is 1. The van der Waals surface area contributed by atoms with E-state index in [1.807, 2.05) is 23.1 Å². The molecule has 0 saturated heterocycles. The number of aromatic hydroxyl groups is 1. The lowest BCUT2D eigenvalue weighted by Gasteiger charge is -2.36. The smallest absolute Gasteiger partial charge is 0.340 e. The molecular weight excluding hydrogens is 380 g/mol. The van der Waals surface area contributed by atoms with Crippen molar-refractivity contribution in [3.8, 4) is 5.75 Å². The highest BCUT2D eigenvalue weighted by atomic mass is 16.5. The van der Waals surface area contributed by atoms with Crippen LogP contribution in [0.1, 0.15) is 21.6 Å². The molecule has 2 aromatic carbocycles. The van der Waals surface area contributed by atoms with Crippen molar-refractivity contribution < 1.29 is 19.4 Å². The molecule has 0 unspecified atom stereocenters. The molecule has 5 rings (SSSR count). The number of hydrogen-bond donors (Lipinski definition) is 2. The number of ketones is 1. The molecule has 2 aliphatic rings. The van der Waals surface area contributed by atoms with Crippen LogP contribution in [0, 0.1) is 0 Å². The first-order valence-electron chi connectivity index (χ1n) is 9.79. The van der Waals surface area contributed by atoms with Crippen LogP contribution in [0.5, 0.6) is 5.75 Å². The first-order valence-corrected chi connectivity index (χ1v) is 9.79. The minimum Gasteiger partial charge on any atom is -0.507 e. The Balaban J connectivity index is 1.69. The largest absolute Gasteiger partial charge is 0.507 e. The maximum atomic E-state index is 13.1. The number of rotatable bonds is 3. The predicted molar refractivity (Wildman–Crippen MR) is 113 cm³/mol. The molecule has 2 N–H and O–H groups in total. The van der Waals surface area contributed by atoms with Crippen LogP contribution >= 0.6 is 0 Å². The van der Waals surface area contributed by atoms with E-state index in [1.165, 1.54) is 18.7 Å². The summed E-state index contributed by atoms with van der Waals surface area (Å²) in [5.41, 5.74) is 4.85. The summed E-state index contributed by atoms with van der Waals surface area (Å²) < 4.78 is 5.04. The number of ether oxygens (including phenoxy) is 1. The molecule has 150 valence electrons. The summed E-state index contributed by atoms with van der Waals surface area (Å²) in [4.78, 5) is 31.3. The van der Waals surface area contributed by atoms with Crippen LogP contribution < -0.4 is 0 Å². The molecule has 6 nitrogen and oxygen atoms in total. The number of phenols is 1. The second-order valence-corrected chi connectivity index (χ2v) is 7.47. The average molecular weight is 400 g/mol. The van der Waals surface area contributed by atoms with Crippen molar-refractivity contribution in [3.05, 3.63) is 82.6 Å². The molecule has 0 bridgehead atoms. The third-order valence-corrected chi connectivity index (χ3v) is 5.78. The number of phenolic OH excluding ortho intramolecular Hbond substituents is 1. The summed E-state index contributed by atoms with van der Waals surface area (Å²) in [6.07, 6.45) is 2.41. The van der Waals surface area contributed by atoms with Crippen molar-refractivity contribution in [2.45, 2.75) is 6.42 Å². The van der Waals surface area contributed by atoms with E-state index in [0.29, 0.717) is 24.2 Å². The Kier molecular flexibility index (Phi) is 4.20. The molecule has 0 fully saturated rings. The molecule has 0 amide bonds. The molecule has 1 aromatic heterocycles. The molecular formula is C24H20N2O4. The summed E-state index contributed by atoms with van der Waals surface area (Å²) in [6, 6.07) is 14.5. The van der Waals surface area contributed by atoms with Gasteiger partial charge in [0.2, 0.25) is 0 Å². The number of carbonyl (C=O) groups excluding carboxylic acids is 2. The first kappa shape index (κ1) is 18.2. The van der Waals surface area contributed by atoms with E-state index >= 15 is 0 Å². The van der Waals surface area contributed by atoms with Gasteiger partial charge in [0.25, 0.3) is 0 Å². The van der Waals surface area contributed by atoms with E-state index in [1.54, 1.807) is 24.3 Å². The first-order chi connectivity index (χ1) is 14.6. The van der Waals surface area contributed by atoms with Gasteiger partial charge in [-0.1, -0.05) is 30.3 Å². The lowest BCUT2D eigenvalue weighted by Crippen LogP contribution is -2.36. The van der Waals surface area contributed by atoms with Gasteiger partial charge in [-0.2, -0.15) is 0 Å². The van der Waals surface area contributed by atoms with Gasteiger partial charge in [0.15, 0.2) is 5.78 Å². The molecule has 0 radical (unpaired) electrons. The fraction of sp³-hybridized carbons (Fsp3) is 0.167. The monoisotopic (exact) mass is 400 g/mol. The van der Waals surface area contributed by atoms with Crippen molar-refractivity contribution >= 4 is 28.4 Å². The van der Waals surface area contributed by atoms with Crippen LogP contribution in [0.2, 0.25) is 0 Å². The number of carbonyl (C=O) groups is 2. The summed E-state index contributed by atoms with van der Waals surface area (Å²) in [6.45, 7) is 1.04. The van der Waals surface area contributed by atoms with Crippen LogP contribution in [0.25, 0.3) is 16.6 Å². The zero-order chi connectivity index (χ0) is 20.8. The second-order valence-electron chi connectivity index (χ2n) is 7.47. The maximum Gasteiger partial charge on any atom is 0.340 e. The van der Waals surface area contributed by atoms with E-state index < -0.39 is 5.97 Å². The Morgan fingerprint density at radius 1 is 1.10 bits per heavy atom. The Hall–Kier alpha value is -3.80. The van der Waals surface area contributed by atoms with Gasteiger partial charge >= 0.3 is 5.97 Å². The Morgan fingerprint density at radius 2 is 1.87 bits per heavy atom. The molecule has 30 heavy (non-hydrogen) atoms. The van der Waals surface area contributed by atoms with Crippen LogP contribution in [-0.4, -0.2) is 46.9 Å². The van der Waals surface area contributed by atoms with Crippen molar-refractivity contribution in [2.24, 2.45) is 0 Å². The third-order valence-electron chi connectivity index (χ3n) is 5.78. The minimum absolute atomic E-state index is 0.0747. The number of esters is 1. The van der Waals surface area contributed by atoms with E-state index in [9.17, 15) is 14.7 Å². The summed E-state index contributed by atoms with van der Waals surface area (Å²) in [5, 5.41) is 11.2. The van der Waals surface area contributed by atoms with Gasteiger partial charge in [0.05, 0.1) is 29.6 Å². The molecule has 0 atom stereocenters. The SMILES string of the molecule is COC(=O)C1=C2c3[nH]c4ccccc4c3CCN2CC(C(=O)c2ccccc2O)=C1. The zero-order valence-electron chi connectivity index (χ0n) is 16.4. The number of H-pyrrole nitrogens is 1. The normalized spacial score (nSPS) is 15.5. The van der Waals surface area contributed by atoms with Gasteiger partial charge in [0.1, 0.15) is 5.75 Å². The minimum atomic E-state index is -0.496. The lowest BCUT2D eigenvalue weighted by atomic mass is 9.91. The number of fused-ring (bicyclic) bond motifs is 5. The number of para-hydroxylation sites is 2. The van der Waals surface area contributed by atoms with Gasteiger partial charge in [-0.05, 0) is 36.3 Å². The number of hydrogen-bond acceptors (Lipinski definition) is 5. The van der Waals surface area contributed by atoms with Crippen molar-refractivity contribution in [1.29, 1.82) is 0 Å². The fourth-order valence-corrected chi connectivity index (χ4v) is 4.38. The highest BCUT2D eigenvalue weighted by molar-refractivity contribution is 6.14. The summed E-state index contributed by atoms with van der Waals surface area (Å²) in [7, 11) is 1.34. The van der Waals surface area contributed by atoms with Gasteiger partial charge in [-0.3, -0.25) is 4.79 Å². The van der Waals surface area contributed by atoms with E-state index in [2.05, 4.69) is 11.1 Å². The third kappa shape index (κ3) is 2.72. The Morgan fingerprint density at radius 3 is 2.67 bits per heavy atom. The summed E-state index contributed by atoms with van der Waals surface area (Å²) in [5.74, 6) is -0.867. The standard InChI is InChI=1S/C24H20N2O4/c1-30-24(29)18-12-14(23(28)17-7-3-5-9-20(17)27)13-26-11-10-16-15-6-2-4-8-19(15)25-21(16)22(18)26/h2-9,12,25,27H,10-11,13H2,1H3. The Labute approximate surface area is 173 Å². The van der Waals surface area contributed by atoms with Crippen molar-refractivity contribution in [3.63, 3.8) is 0 Å². The number of aromatic nitrogens is 1. The number of Topliss-reactive ketones (excluding diaryl/α,β-unsaturated/α-hetero) is 1. The highest BCUT2D eigenvalue weighted by Gasteiger charge is 2.34. The fourth-order valence-electron chi connectivity index (χ4n) is 4.38. The van der Waals surface area contributed by atoms with E-state index in [-0.39, 0.29) is 17.1 Å². The molecule has 3 aromatic rings. The van der Waals surface area contributed by atoms with Crippen LogP contribution in [0.4, 0.5) is 0 Å².